The maximum absolute atomic E-state index is 13.9. The quantitative estimate of drug-likeness (QED) is 0.885. The van der Waals surface area contributed by atoms with E-state index in [0.717, 1.165) is 0 Å². The largest absolute Gasteiger partial charge is 0.463 e. The van der Waals surface area contributed by atoms with Crippen LogP contribution in [0.1, 0.15) is 16.9 Å². The van der Waals surface area contributed by atoms with Crippen LogP contribution in [-0.4, -0.2) is 51.5 Å². The lowest BCUT2D eigenvalue weighted by molar-refractivity contribution is 0.0627. The number of aliphatic hydroxyl groups is 1. The maximum atomic E-state index is 13.9. The summed E-state index contributed by atoms with van der Waals surface area (Å²) in [7, 11) is 0. The predicted molar refractivity (Wildman–Crippen MR) is 67.7 cm³/mol. The molecule has 6 nitrogen and oxygen atoms in total. The monoisotopic (exact) mass is 279 g/mol. The van der Waals surface area contributed by atoms with Crippen molar-refractivity contribution in [2.45, 2.75) is 12.1 Å². The summed E-state index contributed by atoms with van der Waals surface area (Å²) in [5.41, 5.74) is -0.902. The minimum atomic E-state index is -1.70. The summed E-state index contributed by atoms with van der Waals surface area (Å²) in [6.45, 7) is -0.404. The summed E-state index contributed by atoms with van der Waals surface area (Å²) < 4.78 is 19.1. The molecule has 0 bridgehead atoms. The van der Waals surface area contributed by atoms with E-state index in [9.17, 15) is 9.18 Å². The third-order valence-electron chi connectivity index (χ3n) is 3.46. The lowest BCUT2D eigenvalue weighted by atomic mass is 10.1. The van der Waals surface area contributed by atoms with Gasteiger partial charge in [-0.15, -0.1) is 0 Å². The van der Waals surface area contributed by atoms with Crippen molar-refractivity contribution in [1.82, 2.24) is 15.1 Å². The van der Waals surface area contributed by atoms with Crippen LogP contribution in [0.3, 0.4) is 0 Å². The zero-order valence-corrected chi connectivity index (χ0v) is 10.7. The first-order chi connectivity index (χ1) is 9.61. The summed E-state index contributed by atoms with van der Waals surface area (Å²) in [5, 5.41) is 15.6. The molecule has 1 fully saturated rings. The molecule has 106 valence electrons. The molecule has 2 N–H and O–H groups in total. The van der Waals surface area contributed by atoms with Gasteiger partial charge in [0, 0.05) is 19.0 Å². The van der Waals surface area contributed by atoms with Crippen molar-refractivity contribution in [3.05, 3.63) is 30.2 Å². The molecule has 1 atom stereocenters. The molecule has 2 aromatic rings. The summed E-state index contributed by atoms with van der Waals surface area (Å²) in [6.07, 6.45) is 1.67. The first-order valence-electron chi connectivity index (χ1n) is 6.30. The van der Waals surface area contributed by atoms with Gasteiger partial charge in [-0.25, -0.2) is 4.39 Å². The van der Waals surface area contributed by atoms with Crippen molar-refractivity contribution in [3.8, 4) is 11.5 Å². The molecule has 20 heavy (non-hydrogen) atoms. The number of halogens is 1. The number of rotatable bonds is 3. The molecule has 7 heteroatoms. The second-order valence-corrected chi connectivity index (χ2v) is 4.93. The number of likely N-dealkylation sites (tertiary alicyclic amines) is 1. The first-order valence-corrected chi connectivity index (χ1v) is 6.30. The zero-order chi connectivity index (χ0) is 14.2. The Kier molecular flexibility index (Phi) is 3.06. The van der Waals surface area contributed by atoms with Crippen LogP contribution >= 0.6 is 0 Å². The molecule has 0 aliphatic carbocycles. The topological polar surface area (TPSA) is 82.4 Å². The molecule has 1 saturated heterocycles. The molecule has 0 radical (unpaired) electrons. The maximum Gasteiger partial charge on any atom is 0.274 e. The number of furan rings is 1. The van der Waals surface area contributed by atoms with Crippen LogP contribution in [0.4, 0.5) is 4.39 Å². The second kappa shape index (κ2) is 4.75. The number of H-pyrrole nitrogens is 1. The van der Waals surface area contributed by atoms with Crippen LogP contribution in [0.5, 0.6) is 0 Å². The SMILES string of the molecule is O=C(c1cc(-c2ccco2)[nH]n1)N1CC[C@@](F)(CO)C1. The minimum Gasteiger partial charge on any atom is -0.463 e. The van der Waals surface area contributed by atoms with E-state index in [1.54, 1.807) is 18.2 Å². The molecule has 1 aliphatic rings. The predicted octanol–water partition coefficient (Wildman–Crippen LogP) is 1.22. The van der Waals surface area contributed by atoms with Crippen LogP contribution < -0.4 is 0 Å². The highest BCUT2D eigenvalue weighted by molar-refractivity contribution is 5.93. The van der Waals surface area contributed by atoms with Gasteiger partial charge in [-0.2, -0.15) is 5.10 Å². The van der Waals surface area contributed by atoms with E-state index in [0.29, 0.717) is 11.5 Å². The van der Waals surface area contributed by atoms with Crippen LogP contribution in [0, 0.1) is 0 Å². The Bertz CT molecular complexity index is 610. The molecular weight excluding hydrogens is 265 g/mol. The van der Waals surface area contributed by atoms with Gasteiger partial charge in [0.2, 0.25) is 0 Å². The second-order valence-electron chi connectivity index (χ2n) is 4.93. The summed E-state index contributed by atoms with van der Waals surface area (Å²) >= 11 is 0. The number of carbonyl (C=O) groups is 1. The zero-order valence-electron chi connectivity index (χ0n) is 10.7. The third kappa shape index (κ3) is 2.20. The third-order valence-corrected chi connectivity index (χ3v) is 3.46. The van der Waals surface area contributed by atoms with E-state index in [1.165, 1.54) is 11.2 Å². The Labute approximate surface area is 114 Å². The summed E-state index contributed by atoms with van der Waals surface area (Å²) in [5.74, 6) is 0.222. The fourth-order valence-corrected chi connectivity index (χ4v) is 2.29. The first kappa shape index (κ1) is 12.9. The van der Waals surface area contributed by atoms with Crippen LogP contribution in [-0.2, 0) is 0 Å². The molecule has 2 aromatic heterocycles. The van der Waals surface area contributed by atoms with Gasteiger partial charge < -0.3 is 14.4 Å². The van der Waals surface area contributed by atoms with Crippen LogP contribution in [0.2, 0.25) is 0 Å². The Morgan fingerprint density at radius 1 is 1.65 bits per heavy atom. The number of hydrogen-bond acceptors (Lipinski definition) is 4. The highest BCUT2D eigenvalue weighted by Gasteiger charge is 2.40. The summed E-state index contributed by atoms with van der Waals surface area (Å²) in [4.78, 5) is 13.6. The van der Waals surface area contributed by atoms with E-state index < -0.39 is 12.3 Å². The Morgan fingerprint density at radius 3 is 3.15 bits per heavy atom. The van der Waals surface area contributed by atoms with Gasteiger partial charge in [0.05, 0.1) is 19.4 Å². The Morgan fingerprint density at radius 2 is 2.50 bits per heavy atom. The van der Waals surface area contributed by atoms with Crippen LogP contribution in [0.15, 0.2) is 28.9 Å². The molecule has 0 spiro atoms. The highest BCUT2D eigenvalue weighted by atomic mass is 19.1. The van der Waals surface area contributed by atoms with Gasteiger partial charge in [0.15, 0.2) is 17.1 Å². The smallest absolute Gasteiger partial charge is 0.274 e. The molecule has 0 aromatic carbocycles. The average Bonchev–Trinajstić information content (AvgIpc) is 3.18. The van der Waals surface area contributed by atoms with E-state index in [4.69, 9.17) is 9.52 Å². The molecule has 3 heterocycles. The van der Waals surface area contributed by atoms with Crippen molar-refractivity contribution >= 4 is 5.91 Å². The van der Waals surface area contributed by atoms with E-state index >= 15 is 0 Å². The van der Waals surface area contributed by atoms with Crippen molar-refractivity contribution in [2.24, 2.45) is 0 Å². The van der Waals surface area contributed by atoms with Crippen LogP contribution in [0.25, 0.3) is 11.5 Å². The standard InChI is InChI=1S/C13H14FN3O3/c14-13(8-18)3-4-17(7-13)12(19)10-6-9(15-16-10)11-2-1-5-20-11/h1-2,5-6,18H,3-4,7-8H2,(H,15,16)/t13-/m0/s1. The Balaban J connectivity index is 1.76. The normalized spacial score (nSPS) is 22.4. The van der Waals surface area contributed by atoms with E-state index in [1.807, 2.05) is 0 Å². The molecule has 1 aliphatic heterocycles. The molecule has 3 rings (SSSR count). The number of nitrogens with zero attached hydrogens (tertiary/aromatic N) is 2. The van der Waals surface area contributed by atoms with Crippen molar-refractivity contribution in [2.75, 3.05) is 19.7 Å². The van der Waals surface area contributed by atoms with Gasteiger partial charge >= 0.3 is 0 Å². The number of amides is 1. The number of carbonyl (C=O) groups excluding carboxylic acids is 1. The van der Waals surface area contributed by atoms with Gasteiger partial charge in [-0.05, 0) is 12.1 Å². The molecule has 0 saturated carbocycles. The number of aliphatic hydroxyl groups excluding tert-OH is 1. The Hall–Kier alpha value is -2.15. The average molecular weight is 279 g/mol. The van der Waals surface area contributed by atoms with E-state index in [2.05, 4.69) is 10.2 Å². The molecular formula is C13H14FN3O3. The van der Waals surface area contributed by atoms with E-state index in [-0.39, 0.29) is 31.1 Å². The lowest BCUT2D eigenvalue weighted by Gasteiger charge is -2.17. The van der Waals surface area contributed by atoms with Crippen molar-refractivity contribution in [1.29, 1.82) is 0 Å². The van der Waals surface area contributed by atoms with Crippen molar-refractivity contribution in [3.63, 3.8) is 0 Å². The molecule has 0 unspecified atom stereocenters. The number of hydrogen-bond donors (Lipinski definition) is 2. The fraction of sp³-hybridized carbons (Fsp3) is 0.385. The van der Waals surface area contributed by atoms with Gasteiger partial charge in [-0.1, -0.05) is 0 Å². The number of aromatic amines is 1. The number of aromatic nitrogens is 2. The minimum absolute atomic E-state index is 0.106. The fourth-order valence-electron chi connectivity index (χ4n) is 2.29. The number of alkyl halides is 1. The lowest BCUT2D eigenvalue weighted by Crippen LogP contribution is -2.35. The van der Waals surface area contributed by atoms with Crippen molar-refractivity contribution < 1.29 is 18.7 Å². The van der Waals surface area contributed by atoms with Gasteiger partial charge in [-0.3, -0.25) is 9.89 Å². The highest BCUT2D eigenvalue weighted by Crippen LogP contribution is 2.26. The van der Waals surface area contributed by atoms with Gasteiger partial charge in [0.25, 0.3) is 5.91 Å². The number of nitrogens with one attached hydrogen (secondary N) is 1. The van der Waals surface area contributed by atoms with Gasteiger partial charge in [0.1, 0.15) is 5.69 Å². The molecule has 1 amide bonds. The summed E-state index contributed by atoms with van der Waals surface area (Å²) in [6, 6.07) is 5.05.